The quantitative estimate of drug-likeness (QED) is 0.610. The summed E-state index contributed by atoms with van der Waals surface area (Å²) in [5.41, 5.74) is 1.99. The highest BCUT2D eigenvalue weighted by Gasteiger charge is 2.18. The Labute approximate surface area is 82.2 Å². The first kappa shape index (κ1) is 8.94. The van der Waals surface area contributed by atoms with Crippen LogP contribution in [0.3, 0.4) is 0 Å². The fourth-order valence-corrected chi connectivity index (χ4v) is 1.58. The maximum Gasteiger partial charge on any atom is 0.325 e. The predicted octanol–water partition coefficient (Wildman–Crippen LogP) is 2.02. The van der Waals surface area contributed by atoms with Crippen LogP contribution in [0.2, 0.25) is 0 Å². The highest BCUT2D eigenvalue weighted by Crippen LogP contribution is 2.19. The lowest BCUT2D eigenvalue weighted by atomic mass is 10.1. The van der Waals surface area contributed by atoms with E-state index < -0.39 is 0 Å². The van der Waals surface area contributed by atoms with Gasteiger partial charge in [0.25, 0.3) is 0 Å². The summed E-state index contributed by atoms with van der Waals surface area (Å²) in [6.07, 6.45) is 3.10. The molecular weight excluding hydrogens is 179 g/mol. The van der Waals surface area contributed by atoms with Crippen LogP contribution in [0.15, 0.2) is 36.7 Å². The van der Waals surface area contributed by atoms with E-state index in [1.807, 2.05) is 38.2 Å². The third kappa shape index (κ3) is 1.31. The lowest BCUT2D eigenvalue weighted by Gasteiger charge is -1.99. The summed E-state index contributed by atoms with van der Waals surface area (Å²) >= 11 is 0. The van der Waals surface area contributed by atoms with Gasteiger partial charge in [0.2, 0.25) is 0 Å². The second-order valence-electron chi connectivity index (χ2n) is 3.36. The van der Waals surface area contributed by atoms with E-state index in [1.54, 1.807) is 10.8 Å². The molecule has 0 radical (unpaired) electrons. The highest BCUT2D eigenvalue weighted by molar-refractivity contribution is 5.57. The first-order chi connectivity index (χ1) is 6.70. The third-order valence-corrected chi connectivity index (χ3v) is 2.34. The van der Waals surface area contributed by atoms with E-state index in [0.29, 0.717) is 10.6 Å². The van der Waals surface area contributed by atoms with Crippen molar-refractivity contribution in [2.45, 2.75) is 6.92 Å². The number of aryl methyl sites for hydroxylation is 2. The Morgan fingerprint density at radius 3 is 2.57 bits per heavy atom. The molecule has 3 heteroatoms. The Bertz CT molecular complexity index is 441. The number of hydrogen-bond acceptors (Lipinski definition) is 0. The van der Waals surface area contributed by atoms with Gasteiger partial charge in [-0.1, -0.05) is 18.2 Å². The topological polar surface area (TPSA) is 8.81 Å². The van der Waals surface area contributed by atoms with Gasteiger partial charge < -0.3 is 0 Å². The zero-order valence-electron chi connectivity index (χ0n) is 8.24. The summed E-state index contributed by atoms with van der Waals surface area (Å²) in [6, 6.07) is 7.75. The molecule has 0 saturated carbocycles. The van der Waals surface area contributed by atoms with Crippen molar-refractivity contribution in [3.05, 3.63) is 42.2 Å². The van der Waals surface area contributed by atoms with Crippen molar-refractivity contribution in [2.75, 3.05) is 0 Å². The summed E-state index contributed by atoms with van der Waals surface area (Å²) in [7, 11) is 1.83. The molecule has 2 aromatic rings. The van der Waals surface area contributed by atoms with E-state index in [0.717, 1.165) is 11.1 Å². The standard InChI is InChI=1S/C11H12FN2/c1-9-5-3-4-6-10(9)11-13(2)7-8-14(11)12/h3-8H,1-2H3/q+1. The monoisotopic (exact) mass is 191 g/mol. The second-order valence-corrected chi connectivity index (χ2v) is 3.36. The molecule has 72 valence electrons. The molecule has 0 fully saturated rings. The van der Waals surface area contributed by atoms with Gasteiger partial charge in [0.15, 0.2) is 6.20 Å². The fourth-order valence-electron chi connectivity index (χ4n) is 1.58. The number of nitrogens with zero attached hydrogens (tertiary/aromatic N) is 2. The van der Waals surface area contributed by atoms with Gasteiger partial charge in [-0.25, -0.2) is 4.57 Å². The summed E-state index contributed by atoms with van der Waals surface area (Å²) < 4.78 is 15.1. The van der Waals surface area contributed by atoms with Crippen LogP contribution in [0, 0.1) is 6.92 Å². The molecule has 0 amide bonds. The normalized spacial score (nSPS) is 10.5. The Morgan fingerprint density at radius 1 is 1.29 bits per heavy atom. The molecule has 1 heterocycles. The van der Waals surface area contributed by atoms with Crippen molar-refractivity contribution in [3.8, 4) is 11.4 Å². The maximum absolute atomic E-state index is 13.4. The first-order valence-electron chi connectivity index (χ1n) is 4.49. The molecule has 14 heavy (non-hydrogen) atoms. The van der Waals surface area contributed by atoms with Gasteiger partial charge in [0.05, 0.1) is 12.6 Å². The van der Waals surface area contributed by atoms with Crippen LogP contribution in [0.4, 0.5) is 4.48 Å². The van der Waals surface area contributed by atoms with Gasteiger partial charge in [-0.15, -0.1) is 0 Å². The number of aromatic nitrogens is 2. The van der Waals surface area contributed by atoms with Crippen molar-refractivity contribution in [1.29, 1.82) is 0 Å². The zero-order chi connectivity index (χ0) is 10.1. The van der Waals surface area contributed by atoms with Crippen LogP contribution in [0.25, 0.3) is 11.4 Å². The van der Waals surface area contributed by atoms with Gasteiger partial charge in [-0.3, -0.25) is 0 Å². The second kappa shape index (κ2) is 3.25. The molecule has 1 aromatic carbocycles. The molecule has 0 saturated heterocycles. The van der Waals surface area contributed by atoms with Crippen LogP contribution < -0.4 is 4.57 Å². The lowest BCUT2D eigenvalue weighted by molar-refractivity contribution is -0.660. The van der Waals surface area contributed by atoms with Gasteiger partial charge in [-0.05, 0) is 23.3 Å². The molecule has 0 N–H and O–H groups in total. The predicted molar refractivity (Wildman–Crippen MR) is 52.3 cm³/mol. The number of imidazole rings is 1. The van der Waals surface area contributed by atoms with Gasteiger partial charge in [0.1, 0.15) is 6.20 Å². The molecule has 2 nitrogen and oxygen atoms in total. The molecular formula is C11H12FN2+. The number of rotatable bonds is 1. The largest absolute Gasteiger partial charge is 0.325 e. The van der Waals surface area contributed by atoms with Crippen LogP contribution in [-0.2, 0) is 7.05 Å². The zero-order valence-corrected chi connectivity index (χ0v) is 8.24. The van der Waals surface area contributed by atoms with Crippen LogP contribution in [0.5, 0.6) is 0 Å². The first-order valence-corrected chi connectivity index (χ1v) is 4.49. The fraction of sp³-hybridized carbons (Fsp3) is 0.182. The smallest absolute Gasteiger partial charge is 0.230 e. The minimum Gasteiger partial charge on any atom is -0.230 e. The minimum atomic E-state index is 0.572. The van der Waals surface area contributed by atoms with E-state index in [2.05, 4.69) is 0 Å². The highest BCUT2D eigenvalue weighted by atomic mass is 19.2. The van der Waals surface area contributed by atoms with E-state index in [-0.39, 0.29) is 0 Å². The van der Waals surface area contributed by atoms with E-state index in [1.165, 1.54) is 6.20 Å². The summed E-state index contributed by atoms with van der Waals surface area (Å²) in [4.78, 5) is 0.641. The third-order valence-electron chi connectivity index (χ3n) is 2.34. The van der Waals surface area contributed by atoms with Crippen LogP contribution in [0.1, 0.15) is 5.56 Å². The average Bonchev–Trinajstić information content (AvgIpc) is 2.48. The SMILES string of the molecule is Cc1ccccc1-c1n(F)cc[n+]1C. The molecule has 1 aromatic heterocycles. The van der Waals surface area contributed by atoms with E-state index in [4.69, 9.17) is 0 Å². The van der Waals surface area contributed by atoms with Crippen LogP contribution in [-0.4, -0.2) is 4.79 Å². The van der Waals surface area contributed by atoms with Crippen molar-refractivity contribution < 1.29 is 9.05 Å². The molecule has 0 bridgehead atoms. The van der Waals surface area contributed by atoms with Crippen molar-refractivity contribution in [1.82, 2.24) is 4.79 Å². The number of hydrogen-bond donors (Lipinski definition) is 0. The summed E-state index contributed by atoms with van der Waals surface area (Å²) in [6.45, 7) is 1.97. The Morgan fingerprint density at radius 2 is 2.00 bits per heavy atom. The Balaban J connectivity index is 2.66. The Hall–Kier alpha value is -1.64. The average molecular weight is 191 g/mol. The van der Waals surface area contributed by atoms with E-state index in [9.17, 15) is 4.48 Å². The molecule has 0 unspecified atom stereocenters. The number of halogens is 1. The Kier molecular flexibility index (Phi) is 2.08. The maximum atomic E-state index is 13.4. The molecule has 0 aliphatic carbocycles. The minimum absolute atomic E-state index is 0.572. The van der Waals surface area contributed by atoms with Gasteiger partial charge in [-0.2, -0.15) is 0 Å². The molecule has 0 aliphatic heterocycles. The number of benzene rings is 1. The summed E-state index contributed by atoms with van der Waals surface area (Å²) in [5.74, 6) is 0.572. The van der Waals surface area contributed by atoms with Crippen molar-refractivity contribution >= 4 is 0 Å². The van der Waals surface area contributed by atoms with E-state index >= 15 is 0 Å². The molecule has 0 aliphatic rings. The van der Waals surface area contributed by atoms with Gasteiger partial charge >= 0.3 is 5.82 Å². The summed E-state index contributed by atoms with van der Waals surface area (Å²) in [5, 5.41) is 0. The van der Waals surface area contributed by atoms with Gasteiger partial charge in [0, 0.05) is 4.48 Å². The molecule has 0 spiro atoms. The molecule has 2 rings (SSSR count). The molecule has 0 atom stereocenters. The lowest BCUT2D eigenvalue weighted by Crippen LogP contribution is -2.28. The van der Waals surface area contributed by atoms with Crippen molar-refractivity contribution in [2.24, 2.45) is 7.05 Å². The van der Waals surface area contributed by atoms with Crippen molar-refractivity contribution in [3.63, 3.8) is 0 Å². The van der Waals surface area contributed by atoms with Crippen LogP contribution >= 0.6 is 0 Å².